The monoisotopic (exact) mass is 206 g/mol. The zero-order chi connectivity index (χ0) is 10.7. The van der Waals surface area contributed by atoms with E-state index in [0.717, 1.165) is 24.4 Å². The molecule has 3 N–H and O–H groups in total. The molecule has 0 aromatic carbocycles. The lowest BCUT2D eigenvalue weighted by molar-refractivity contribution is 0.768. The van der Waals surface area contributed by atoms with Gasteiger partial charge in [-0.1, -0.05) is 0 Å². The number of hydrogen-bond donors (Lipinski definition) is 2. The van der Waals surface area contributed by atoms with E-state index in [1.54, 1.807) is 4.68 Å². The van der Waals surface area contributed by atoms with Gasteiger partial charge in [-0.05, 0) is 19.0 Å². The van der Waals surface area contributed by atoms with Crippen molar-refractivity contribution in [1.82, 2.24) is 25.0 Å². The number of aryl methyl sites for hydroxylation is 2. The number of nitrogens with zero attached hydrogens (tertiary/aromatic N) is 4. The Morgan fingerprint density at radius 1 is 1.53 bits per heavy atom. The zero-order valence-corrected chi connectivity index (χ0v) is 8.64. The zero-order valence-electron chi connectivity index (χ0n) is 8.64. The molecule has 0 spiro atoms. The van der Waals surface area contributed by atoms with Crippen LogP contribution in [0.2, 0.25) is 0 Å². The highest BCUT2D eigenvalue weighted by Gasteiger charge is 2.07. The van der Waals surface area contributed by atoms with Gasteiger partial charge in [-0.25, -0.2) is 4.98 Å². The molecule has 0 atom stereocenters. The van der Waals surface area contributed by atoms with Crippen molar-refractivity contribution < 1.29 is 0 Å². The van der Waals surface area contributed by atoms with Crippen LogP contribution in [0, 0.1) is 0 Å². The molecule has 80 valence electrons. The summed E-state index contributed by atoms with van der Waals surface area (Å²) in [5, 5.41) is 11.2. The van der Waals surface area contributed by atoms with Crippen LogP contribution in [0.4, 0.5) is 0 Å². The highest BCUT2D eigenvalue weighted by atomic mass is 15.3. The lowest BCUT2D eigenvalue weighted by Crippen LogP contribution is -2.01. The van der Waals surface area contributed by atoms with Crippen LogP contribution in [0.25, 0.3) is 11.5 Å². The van der Waals surface area contributed by atoms with E-state index in [9.17, 15) is 0 Å². The minimum absolute atomic E-state index is 0.641. The van der Waals surface area contributed by atoms with E-state index in [-0.39, 0.29) is 0 Å². The molecule has 0 unspecified atom stereocenters. The van der Waals surface area contributed by atoms with Crippen LogP contribution in [0.5, 0.6) is 0 Å². The van der Waals surface area contributed by atoms with E-state index in [2.05, 4.69) is 20.3 Å². The maximum absolute atomic E-state index is 5.42. The first-order valence-electron chi connectivity index (χ1n) is 4.91. The summed E-state index contributed by atoms with van der Waals surface area (Å²) in [6.07, 6.45) is 3.61. The highest BCUT2D eigenvalue weighted by Crippen LogP contribution is 2.10. The van der Waals surface area contributed by atoms with E-state index in [0.29, 0.717) is 12.4 Å². The molecule has 6 heteroatoms. The Morgan fingerprint density at radius 3 is 3.07 bits per heavy atom. The van der Waals surface area contributed by atoms with Crippen LogP contribution in [0.15, 0.2) is 12.3 Å². The van der Waals surface area contributed by atoms with Gasteiger partial charge in [-0.15, -0.1) is 0 Å². The summed E-state index contributed by atoms with van der Waals surface area (Å²) in [6.45, 7) is 0.666. The minimum atomic E-state index is 0.641. The Hall–Kier alpha value is -1.69. The fraction of sp³-hybridized carbons (Fsp3) is 0.444. The van der Waals surface area contributed by atoms with Gasteiger partial charge in [-0.3, -0.25) is 9.78 Å². The van der Waals surface area contributed by atoms with Crippen molar-refractivity contribution in [3.05, 3.63) is 18.1 Å². The van der Waals surface area contributed by atoms with Gasteiger partial charge in [0.2, 0.25) is 5.82 Å². The van der Waals surface area contributed by atoms with E-state index >= 15 is 0 Å². The van der Waals surface area contributed by atoms with Gasteiger partial charge < -0.3 is 5.73 Å². The Morgan fingerprint density at radius 2 is 2.40 bits per heavy atom. The smallest absolute Gasteiger partial charge is 0.201 e. The minimum Gasteiger partial charge on any atom is -0.330 e. The van der Waals surface area contributed by atoms with Crippen molar-refractivity contribution in [3.8, 4) is 11.5 Å². The van der Waals surface area contributed by atoms with Crippen LogP contribution in [-0.2, 0) is 13.5 Å². The number of rotatable bonds is 4. The first kappa shape index (κ1) is 9.85. The van der Waals surface area contributed by atoms with Gasteiger partial charge in [-0.2, -0.15) is 10.2 Å². The van der Waals surface area contributed by atoms with Crippen LogP contribution in [0.3, 0.4) is 0 Å². The highest BCUT2D eigenvalue weighted by molar-refractivity contribution is 5.47. The SMILES string of the molecule is Cn1ccc(-c2n[nH]c(CCCN)n2)n1. The standard InChI is InChI=1S/C9H14N6/c1-15-6-4-7(14-15)9-11-8(12-13-9)3-2-5-10/h4,6H,2-3,5,10H2,1H3,(H,11,12,13). The second-order valence-corrected chi connectivity index (χ2v) is 3.37. The van der Waals surface area contributed by atoms with Crippen molar-refractivity contribution in [2.45, 2.75) is 12.8 Å². The molecule has 2 aromatic heterocycles. The molecule has 15 heavy (non-hydrogen) atoms. The molecule has 2 rings (SSSR count). The molecule has 0 amide bonds. The van der Waals surface area contributed by atoms with Gasteiger partial charge >= 0.3 is 0 Å². The third-order valence-corrected chi connectivity index (χ3v) is 2.09. The average molecular weight is 206 g/mol. The number of aromatic nitrogens is 5. The second kappa shape index (κ2) is 4.22. The van der Waals surface area contributed by atoms with E-state index in [1.807, 2.05) is 19.3 Å². The fourth-order valence-electron chi connectivity index (χ4n) is 1.33. The van der Waals surface area contributed by atoms with Crippen molar-refractivity contribution >= 4 is 0 Å². The van der Waals surface area contributed by atoms with Gasteiger partial charge in [0.25, 0.3) is 0 Å². The third-order valence-electron chi connectivity index (χ3n) is 2.09. The molecule has 2 aromatic rings. The molecule has 0 aliphatic rings. The van der Waals surface area contributed by atoms with Gasteiger partial charge in [0.05, 0.1) is 0 Å². The van der Waals surface area contributed by atoms with E-state index in [1.165, 1.54) is 0 Å². The summed E-state index contributed by atoms with van der Waals surface area (Å²) in [7, 11) is 1.87. The number of nitrogens with two attached hydrogens (primary N) is 1. The number of nitrogens with one attached hydrogen (secondary N) is 1. The Labute approximate surface area is 87.5 Å². The number of H-pyrrole nitrogens is 1. The van der Waals surface area contributed by atoms with Crippen LogP contribution < -0.4 is 5.73 Å². The normalized spacial score (nSPS) is 10.8. The largest absolute Gasteiger partial charge is 0.330 e. The first-order chi connectivity index (χ1) is 7.29. The van der Waals surface area contributed by atoms with E-state index in [4.69, 9.17) is 5.73 Å². The molecule has 0 saturated carbocycles. The second-order valence-electron chi connectivity index (χ2n) is 3.37. The van der Waals surface area contributed by atoms with Gasteiger partial charge in [0.1, 0.15) is 11.5 Å². The van der Waals surface area contributed by atoms with Crippen LogP contribution >= 0.6 is 0 Å². The third kappa shape index (κ3) is 2.21. The molecule has 0 saturated heterocycles. The maximum Gasteiger partial charge on any atom is 0.201 e. The van der Waals surface area contributed by atoms with Crippen molar-refractivity contribution in [2.75, 3.05) is 6.54 Å². The van der Waals surface area contributed by atoms with Gasteiger partial charge in [0.15, 0.2) is 0 Å². The fourth-order valence-corrected chi connectivity index (χ4v) is 1.33. The molecular formula is C9H14N6. The first-order valence-corrected chi connectivity index (χ1v) is 4.91. The predicted molar refractivity (Wildman–Crippen MR) is 56.0 cm³/mol. The van der Waals surface area contributed by atoms with Crippen LogP contribution in [-0.4, -0.2) is 31.5 Å². The summed E-state index contributed by atoms with van der Waals surface area (Å²) in [6, 6.07) is 1.88. The summed E-state index contributed by atoms with van der Waals surface area (Å²) >= 11 is 0. The van der Waals surface area contributed by atoms with Crippen molar-refractivity contribution in [1.29, 1.82) is 0 Å². The molecular weight excluding hydrogens is 192 g/mol. The predicted octanol–water partition coefficient (Wildman–Crippen LogP) is 0.0965. The lowest BCUT2D eigenvalue weighted by Gasteiger charge is -1.90. The number of aromatic amines is 1. The maximum atomic E-state index is 5.42. The molecule has 0 bridgehead atoms. The summed E-state index contributed by atoms with van der Waals surface area (Å²) in [5.74, 6) is 1.50. The molecule has 6 nitrogen and oxygen atoms in total. The van der Waals surface area contributed by atoms with Gasteiger partial charge in [0, 0.05) is 19.7 Å². The molecule has 2 heterocycles. The molecule has 0 aliphatic carbocycles. The quantitative estimate of drug-likeness (QED) is 0.742. The van der Waals surface area contributed by atoms with Crippen molar-refractivity contribution in [3.63, 3.8) is 0 Å². The Bertz CT molecular complexity index is 429. The Kier molecular flexibility index (Phi) is 2.77. The Balaban J connectivity index is 2.13. The summed E-state index contributed by atoms with van der Waals surface area (Å²) < 4.78 is 1.73. The lowest BCUT2D eigenvalue weighted by atomic mass is 10.3. The van der Waals surface area contributed by atoms with E-state index < -0.39 is 0 Å². The summed E-state index contributed by atoms with van der Waals surface area (Å²) in [5.41, 5.74) is 6.20. The molecule has 0 aliphatic heterocycles. The van der Waals surface area contributed by atoms with Crippen molar-refractivity contribution in [2.24, 2.45) is 12.8 Å². The van der Waals surface area contributed by atoms with Crippen LogP contribution in [0.1, 0.15) is 12.2 Å². The summed E-state index contributed by atoms with van der Waals surface area (Å²) in [4.78, 5) is 4.33. The molecule has 0 radical (unpaired) electrons. The average Bonchev–Trinajstić information content (AvgIpc) is 2.83. The topological polar surface area (TPSA) is 85.4 Å². The molecule has 0 fully saturated rings. The number of hydrogen-bond acceptors (Lipinski definition) is 4.